The summed E-state index contributed by atoms with van der Waals surface area (Å²) in [4.78, 5) is 12.4. The molecular formula is C25H27NO5. The van der Waals surface area contributed by atoms with Crippen LogP contribution in [0.15, 0.2) is 65.2 Å². The van der Waals surface area contributed by atoms with E-state index in [0.29, 0.717) is 36.7 Å². The Morgan fingerprint density at radius 3 is 2.68 bits per heavy atom. The molecule has 0 atom stereocenters. The van der Waals surface area contributed by atoms with Crippen molar-refractivity contribution < 1.29 is 23.5 Å². The molecule has 0 spiro atoms. The van der Waals surface area contributed by atoms with Gasteiger partial charge < -0.3 is 18.7 Å². The second-order valence-electron chi connectivity index (χ2n) is 7.65. The molecule has 6 heteroatoms. The lowest BCUT2D eigenvalue weighted by molar-refractivity contribution is -0.161. The van der Waals surface area contributed by atoms with Crippen LogP contribution in [0.2, 0.25) is 0 Å². The molecule has 0 unspecified atom stereocenters. The van der Waals surface area contributed by atoms with E-state index in [1.165, 1.54) is 0 Å². The van der Waals surface area contributed by atoms with Crippen molar-refractivity contribution in [2.75, 3.05) is 6.61 Å². The highest BCUT2D eigenvalue weighted by Crippen LogP contribution is 2.36. The highest BCUT2D eigenvalue weighted by molar-refractivity contribution is 5.80. The van der Waals surface area contributed by atoms with E-state index in [2.05, 4.69) is 17.3 Å². The Morgan fingerprint density at radius 2 is 1.90 bits per heavy atom. The summed E-state index contributed by atoms with van der Waals surface area (Å²) >= 11 is 0. The van der Waals surface area contributed by atoms with Gasteiger partial charge in [0.1, 0.15) is 23.8 Å². The average Bonchev–Trinajstić information content (AvgIpc) is 3.37. The van der Waals surface area contributed by atoms with Gasteiger partial charge in [0, 0.05) is 11.6 Å². The first kappa shape index (κ1) is 21.0. The Hall–Kier alpha value is -3.28. The van der Waals surface area contributed by atoms with Crippen LogP contribution in [0.5, 0.6) is 11.5 Å². The molecule has 0 radical (unpaired) electrons. The standard InChI is InChI=1S/C25H27NO5/c1-2-28-24(27)25(15-7-8-16-25)30-21-13-11-20(12-14-21)29-18-22-17-23(26-31-22)19-9-5-3-4-6-10-19/h3,5-6,9-14,17H,2,4,7-8,15-16,18H2,1H3. The van der Waals surface area contributed by atoms with Crippen molar-refractivity contribution in [2.24, 2.45) is 0 Å². The molecule has 0 bridgehead atoms. The van der Waals surface area contributed by atoms with Crippen molar-refractivity contribution in [3.8, 4) is 11.5 Å². The van der Waals surface area contributed by atoms with Crippen LogP contribution in [0.4, 0.5) is 0 Å². The first-order chi connectivity index (χ1) is 15.2. The Kier molecular flexibility index (Phi) is 6.55. The van der Waals surface area contributed by atoms with Gasteiger partial charge in [-0.15, -0.1) is 0 Å². The summed E-state index contributed by atoms with van der Waals surface area (Å²) in [5.41, 5.74) is 0.920. The Morgan fingerprint density at radius 1 is 1.13 bits per heavy atom. The van der Waals surface area contributed by atoms with E-state index in [4.69, 9.17) is 18.7 Å². The second kappa shape index (κ2) is 9.69. The van der Waals surface area contributed by atoms with E-state index in [-0.39, 0.29) is 12.6 Å². The maximum atomic E-state index is 12.4. The Balaban J connectivity index is 1.35. The Labute approximate surface area is 182 Å². The molecule has 162 valence electrons. The third-order valence-corrected chi connectivity index (χ3v) is 5.41. The fraction of sp³-hybridized carbons (Fsp3) is 0.360. The predicted octanol–water partition coefficient (Wildman–Crippen LogP) is 5.41. The van der Waals surface area contributed by atoms with Crippen LogP contribution in [0, 0.1) is 0 Å². The zero-order valence-corrected chi connectivity index (χ0v) is 17.7. The minimum absolute atomic E-state index is 0.271. The summed E-state index contributed by atoms with van der Waals surface area (Å²) in [6, 6.07) is 9.15. The molecule has 0 amide bonds. The van der Waals surface area contributed by atoms with Crippen molar-refractivity contribution in [3.05, 3.63) is 72.2 Å². The highest BCUT2D eigenvalue weighted by Gasteiger charge is 2.45. The number of ether oxygens (including phenoxy) is 3. The maximum absolute atomic E-state index is 12.4. The maximum Gasteiger partial charge on any atom is 0.350 e. The minimum atomic E-state index is -0.870. The number of allylic oxidation sites excluding steroid dienone is 6. The van der Waals surface area contributed by atoms with Gasteiger partial charge in [-0.05, 0) is 63.3 Å². The van der Waals surface area contributed by atoms with E-state index >= 15 is 0 Å². The van der Waals surface area contributed by atoms with Crippen LogP contribution < -0.4 is 9.47 Å². The first-order valence-corrected chi connectivity index (χ1v) is 10.8. The summed E-state index contributed by atoms with van der Waals surface area (Å²) in [6.07, 6.45) is 14.4. The highest BCUT2D eigenvalue weighted by atomic mass is 16.6. The van der Waals surface area contributed by atoms with Crippen LogP contribution in [-0.2, 0) is 16.1 Å². The predicted molar refractivity (Wildman–Crippen MR) is 117 cm³/mol. The van der Waals surface area contributed by atoms with E-state index < -0.39 is 5.60 Å². The molecule has 1 saturated carbocycles. The minimum Gasteiger partial charge on any atom is -0.486 e. The number of hydrogen-bond acceptors (Lipinski definition) is 6. The number of benzene rings is 1. The summed E-state index contributed by atoms with van der Waals surface area (Å²) in [5.74, 6) is 1.68. The van der Waals surface area contributed by atoms with E-state index in [9.17, 15) is 4.79 Å². The smallest absolute Gasteiger partial charge is 0.350 e. The van der Waals surface area contributed by atoms with Crippen LogP contribution in [0.25, 0.3) is 5.57 Å². The van der Waals surface area contributed by atoms with Gasteiger partial charge in [0.15, 0.2) is 5.76 Å². The zero-order valence-electron chi connectivity index (χ0n) is 17.7. The fourth-order valence-corrected chi connectivity index (χ4v) is 3.81. The fourth-order valence-electron chi connectivity index (χ4n) is 3.81. The Bertz CT molecular complexity index is 978. The number of nitrogens with zero attached hydrogens (tertiary/aromatic N) is 1. The molecule has 1 aromatic heterocycles. The van der Waals surface area contributed by atoms with Crippen LogP contribution in [0.1, 0.15) is 50.5 Å². The van der Waals surface area contributed by atoms with E-state index in [0.717, 1.165) is 30.5 Å². The molecule has 0 N–H and O–H groups in total. The van der Waals surface area contributed by atoms with Crippen LogP contribution >= 0.6 is 0 Å². The summed E-state index contributed by atoms with van der Waals surface area (Å²) in [7, 11) is 0. The average molecular weight is 421 g/mol. The normalized spacial score (nSPS) is 17.1. The monoisotopic (exact) mass is 421 g/mol. The second-order valence-corrected chi connectivity index (χ2v) is 7.65. The lowest BCUT2D eigenvalue weighted by atomic mass is 10.0. The third kappa shape index (κ3) is 5.08. The van der Waals surface area contributed by atoms with Gasteiger partial charge in [0.2, 0.25) is 5.60 Å². The van der Waals surface area contributed by atoms with Crippen molar-refractivity contribution in [3.63, 3.8) is 0 Å². The SMILES string of the molecule is CCOC(=O)C1(Oc2ccc(OCc3cc(C4=CC=CCC=C4)no3)cc2)CCCC1. The quantitative estimate of drug-likeness (QED) is 0.531. The van der Waals surface area contributed by atoms with Gasteiger partial charge in [-0.25, -0.2) is 4.79 Å². The van der Waals surface area contributed by atoms with E-state index in [1.54, 1.807) is 0 Å². The topological polar surface area (TPSA) is 70.8 Å². The molecule has 1 heterocycles. The van der Waals surface area contributed by atoms with Crippen LogP contribution in [0.3, 0.4) is 0 Å². The molecule has 1 aromatic carbocycles. The molecule has 2 aliphatic carbocycles. The van der Waals surface area contributed by atoms with E-state index in [1.807, 2.05) is 55.5 Å². The van der Waals surface area contributed by atoms with Gasteiger partial charge in [-0.2, -0.15) is 0 Å². The summed E-state index contributed by atoms with van der Waals surface area (Å²) in [6.45, 7) is 2.43. The first-order valence-electron chi connectivity index (χ1n) is 10.8. The van der Waals surface area contributed by atoms with Gasteiger partial charge in [0.05, 0.1) is 6.61 Å². The van der Waals surface area contributed by atoms with Crippen molar-refractivity contribution in [1.29, 1.82) is 0 Å². The van der Waals surface area contributed by atoms with Crippen molar-refractivity contribution >= 4 is 11.5 Å². The third-order valence-electron chi connectivity index (χ3n) is 5.41. The molecule has 4 rings (SSSR count). The largest absolute Gasteiger partial charge is 0.486 e. The summed E-state index contributed by atoms with van der Waals surface area (Å²) in [5, 5.41) is 4.13. The molecule has 0 saturated heterocycles. The van der Waals surface area contributed by atoms with Gasteiger partial charge in [0.25, 0.3) is 0 Å². The summed E-state index contributed by atoms with van der Waals surface area (Å²) < 4.78 is 22.6. The van der Waals surface area contributed by atoms with Gasteiger partial charge >= 0.3 is 5.97 Å². The zero-order chi connectivity index (χ0) is 21.5. The molecular weight excluding hydrogens is 394 g/mol. The number of hydrogen-bond donors (Lipinski definition) is 0. The van der Waals surface area contributed by atoms with Crippen LogP contribution in [-0.4, -0.2) is 23.3 Å². The van der Waals surface area contributed by atoms with Crippen molar-refractivity contribution in [1.82, 2.24) is 5.16 Å². The molecule has 6 nitrogen and oxygen atoms in total. The lowest BCUT2D eigenvalue weighted by Crippen LogP contribution is -2.43. The number of aromatic nitrogens is 1. The van der Waals surface area contributed by atoms with Crippen molar-refractivity contribution in [2.45, 2.75) is 51.2 Å². The number of rotatable bonds is 8. The lowest BCUT2D eigenvalue weighted by Gasteiger charge is -2.27. The molecule has 2 aromatic rings. The molecule has 31 heavy (non-hydrogen) atoms. The molecule has 2 aliphatic rings. The number of carbonyl (C=O) groups is 1. The molecule has 0 aliphatic heterocycles. The number of esters is 1. The van der Waals surface area contributed by atoms with Gasteiger partial charge in [-0.1, -0.05) is 35.5 Å². The molecule has 1 fully saturated rings. The number of carbonyl (C=O) groups excluding carboxylic acids is 1. The van der Waals surface area contributed by atoms with Gasteiger partial charge in [-0.3, -0.25) is 0 Å².